The first-order valence-corrected chi connectivity index (χ1v) is 9.94. The highest BCUT2D eigenvalue weighted by Crippen LogP contribution is 2.55. The molecule has 1 aliphatic carbocycles. The van der Waals surface area contributed by atoms with Gasteiger partial charge in [0, 0.05) is 6.42 Å². The van der Waals surface area contributed by atoms with Crippen LogP contribution < -0.4 is 23.7 Å². The lowest BCUT2D eigenvalue weighted by atomic mass is 9.62. The number of hydrogen-bond donors (Lipinski definition) is 2. The van der Waals surface area contributed by atoms with Crippen LogP contribution in [0.4, 0.5) is 0 Å². The number of aliphatic hydroxyl groups is 2. The normalized spacial score (nSPS) is 26.0. The Morgan fingerprint density at radius 1 is 0.844 bits per heavy atom. The van der Waals surface area contributed by atoms with Crippen LogP contribution in [-0.2, 0) is 16.0 Å². The summed E-state index contributed by atoms with van der Waals surface area (Å²) in [6.07, 6.45) is -0.00808. The van der Waals surface area contributed by atoms with E-state index in [4.69, 9.17) is 28.4 Å². The molecular weight excluding hydrogens is 420 g/mol. The molecule has 0 radical (unpaired) electrons. The average molecular weight is 446 g/mol. The molecule has 0 amide bonds. The number of rotatable bonds is 6. The first-order valence-electron chi connectivity index (χ1n) is 9.94. The predicted octanol–water partition coefficient (Wildman–Crippen LogP) is 1.44. The topological polar surface area (TPSA) is 113 Å². The number of fused-ring (bicyclic) bond motifs is 2. The van der Waals surface area contributed by atoms with Gasteiger partial charge in [-0.15, -0.1) is 0 Å². The third-order valence-electron chi connectivity index (χ3n) is 6.34. The van der Waals surface area contributed by atoms with Crippen LogP contribution in [0.1, 0.15) is 22.6 Å². The van der Waals surface area contributed by atoms with E-state index in [2.05, 4.69) is 0 Å². The van der Waals surface area contributed by atoms with E-state index in [-0.39, 0.29) is 13.0 Å². The Balaban J connectivity index is 2.04. The van der Waals surface area contributed by atoms with Crippen molar-refractivity contribution in [3.05, 3.63) is 41.0 Å². The highest BCUT2D eigenvalue weighted by molar-refractivity contribution is 5.87. The molecule has 9 nitrogen and oxygen atoms in total. The minimum absolute atomic E-state index is 0.00808. The summed E-state index contributed by atoms with van der Waals surface area (Å²) in [4.78, 5) is 12.9. The molecule has 9 heteroatoms. The maximum Gasteiger partial charge on any atom is 0.342 e. The SMILES string of the molecule is COc1cc2c(cc1OC)[C@@H](c1cc(OC)c(OC)c(OC)c1)[C@@]1(O)C(=O)OC[C@]1(O)C2. The molecule has 2 aromatic rings. The Labute approximate surface area is 185 Å². The van der Waals surface area contributed by atoms with Crippen molar-refractivity contribution in [3.63, 3.8) is 0 Å². The number of methoxy groups -OCH3 is 5. The van der Waals surface area contributed by atoms with Gasteiger partial charge in [-0.1, -0.05) is 0 Å². The first kappa shape index (κ1) is 22.0. The van der Waals surface area contributed by atoms with Gasteiger partial charge in [0.1, 0.15) is 12.2 Å². The molecule has 0 saturated carbocycles. The third kappa shape index (κ3) is 2.88. The van der Waals surface area contributed by atoms with Gasteiger partial charge < -0.3 is 38.6 Å². The number of hydrogen-bond acceptors (Lipinski definition) is 9. The van der Waals surface area contributed by atoms with E-state index >= 15 is 0 Å². The highest BCUT2D eigenvalue weighted by atomic mass is 16.6. The van der Waals surface area contributed by atoms with E-state index < -0.39 is 23.1 Å². The van der Waals surface area contributed by atoms with Gasteiger partial charge in [0.2, 0.25) is 11.4 Å². The fourth-order valence-corrected chi connectivity index (χ4v) is 4.75. The molecule has 2 aliphatic rings. The van der Waals surface area contributed by atoms with Gasteiger partial charge in [0.15, 0.2) is 23.0 Å². The van der Waals surface area contributed by atoms with Gasteiger partial charge in [-0.25, -0.2) is 4.79 Å². The van der Waals surface area contributed by atoms with Gasteiger partial charge in [-0.05, 0) is 41.0 Å². The second-order valence-electron chi connectivity index (χ2n) is 7.85. The minimum Gasteiger partial charge on any atom is -0.493 e. The first-order chi connectivity index (χ1) is 15.3. The number of cyclic esters (lactones) is 1. The Morgan fingerprint density at radius 2 is 1.41 bits per heavy atom. The van der Waals surface area contributed by atoms with Crippen LogP contribution >= 0.6 is 0 Å². The van der Waals surface area contributed by atoms with Crippen molar-refractivity contribution in [1.29, 1.82) is 0 Å². The smallest absolute Gasteiger partial charge is 0.342 e. The van der Waals surface area contributed by atoms with Crippen LogP contribution in [0.3, 0.4) is 0 Å². The van der Waals surface area contributed by atoms with Crippen molar-refractivity contribution in [2.24, 2.45) is 0 Å². The zero-order valence-electron chi connectivity index (χ0n) is 18.6. The molecule has 3 atom stereocenters. The lowest BCUT2D eigenvalue weighted by Gasteiger charge is -2.45. The number of ether oxygens (including phenoxy) is 6. The Kier molecular flexibility index (Phi) is 5.34. The van der Waals surface area contributed by atoms with E-state index in [0.29, 0.717) is 45.4 Å². The standard InChI is InChI=1S/C23H26O9/c1-27-15-8-13-10-22(25)11-32-21(24)23(22,26)19(14(13)9-16(15)28-2)12-6-17(29-3)20(31-5)18(7-12)30-4/h6-9,19,25-26H,10-11H2,1-5H3/t19-,22-,23-/m1/s1. The second-order valence-corrected chi connectivity index (χ2v) is 7.85. The molecule has 1 saturated heterocycles. The second kappa shape index (κ2) is 7.75. The zero-order chi connectivity index (χ0) is 23.3. The van der Waals surface area contributed by atoms with E-state index in [9.17, 15) is 15.0 Å². The van der Waals surface area contributed by atoms with Gasteiger partial charge in [-0.2, -0.15) is 0 Å². The molecule has 0 spiro atoms. The molecule has 2 N–H and O–H groups in total. The predicted molar refractivity (Wildman–Crippen MR) is 112 cm³/mol. The minimum atomic E-state index is -2.25. The van der Waals surface area contributed by atoms with Crippen molar-refractivity contribution in [3.8, 4) is 28.7 Å². The fraction of sp³-hybridized carbons (Fsp3) is 0.435. The molecule has 172 valence electrons. The van der Waals surface area contributed by atoms with Crippen LogP contribution in [0.5, 0.6) is 28.7 Å². The Bertz CT molecular complexity index is 1040. The summed E-state index contributed by atoms with van der Waals surface area (Å²) in [6.45, 7) is -0.336. The van der Waals surface area contributed by atoms with Crippen LogP contribution in [0.25, 0.3) is 0 Å². The maximum atomic E-state index is 12.9. The number of carbonyl (C=O) groups excluding carboxylic acids is 1. The molecule has 1 heterocycles. The summed E-state index contributed by atoms with van der Waals surface area (Å²) in [6, 6.07) is 6.72. The van der Waals surface area contributed by atoms with Gasteiger partial charge in [0.25, 0.3) is 0 Å². The van der Waals surface area contributed by atoms with E-state index in [1.165, 1.54) is 35.5 Å². The van der Waals surface area contributed by atoms with E-state index in [0.717, 1.165) is 0 Å². The molecule has 1 fully saturated rings. The van der Waals surface area contributed by atoms with Crippen molar-refractivity contribution < 1.29 is 43.4 Å². The lowest BCUT2D eigenvalue weighted by Crippen LogP contribution is -2.62. The summed E-state index contributed by atoms with van der Waals surface area (Å²) < 4.78 is 32.4. The number of benzene rings is 2. The number of esters is 1. The molecular formula is C23H26O9. The number of carbonyl (C=O) groups is 1. The summed E-state index contributed by atoms with van der Waals surface area (Å²) in [7, 11) is 7.43. The highest BCUT2D eigenvalue weighted by Gasteiger charge is 2.68. The van der Waals surface area contributed by atoms with Crippen molar-refractivity contribution >= 4 is 5.97 Å². The summed E-state index contributed by atoms with van der Waals surface area (Å²) in [5.74, 6) is 0.0106. The molecule has 1 aliphatic heterocycles. The van der Waals surface area contributed by atoms with E-state index in [1.54, 1.807) is 24.3 Å². The third-order valence-corrected chi connectivity index (χ3v) is 6.34. The summed E-state index contributed by atoms with van der Waals surface area (Å²) in [5.41, 5.74) is -2.35. The summed E-state index contributed by atoms with van der Waals surface area (Å²) in [5, 5.41) is 23.1. The van der Waals surface area contributed by atoms with Gasteiger partial charge in [0.05, 0.1) is 41.5 Å². The Hall–Kier alpha value is -3.17. The molecule has 0 bridgehead atoms. The molecule has 4 rings (SSSR count). The lowest BCUT2D eigenvalue weighted by molar-refractivity contribution is -0.168. The summed E-state index contributed by atoms with van der Waals surface area (Å²) >= 11 is 0. The average Bonchev–Trinajstić information content (AvgIpc) is 3.04. The quantitative estimate of drug-likeness (QED) is 0.637. The van der Waals surface area contributed by atoms with Crippen LogP contribution in [0.15, 0.2) is 24.3 Å². The fourth-order valence-electron chi connectivity index (χ4n) is 4.75. The maximum absolute atomic E-state index is 12.9. The molecule has 2 aromatic carbocycles. The van der Waals surface area contributed by atoms with Gasteiger partial charge in [-0.3, -0.25) is 0 Å². The van der Waals surface area contributed by atoms with Crippen LogP contribution in [0.2, 0.25) is 0 Å². The van der Waals surface area contributed by atoms with Crippen molar-refractivity contribution in [2.45, 2.75) is 23.5 Å². The molecule has 32 heavy (non-hydrogen) atoms. The van der Waals surface area contributed by atoms with Gasteiger partial charge >= 0.3 is 5.97 Å². The zero-order valence-corrected chi connectivity index (χ0v) is 18.6. The van der Waals surface area contributed by atoms with Crippen LogP contribution in [0, 0.1) is 0 Å². The molecule has 0 unspecified atom stereocenters. The van der Waals surface area contributed by atoms with Crippen molar-refractivity contribution in [1.82, 2.24) is 0 Å². The monoisotopic (exact) mass is 446 g/mol. The molecule has 0 aromatic heterocycles. The Morgan fingerprint density at radius 3 is 1.94 bits per heavy atom. The van der Waals surface area contributed by atoms with Crippen LogP contribution in [-0.4, -0.2) is 69.5 Å². The van der Waals surface area contributed by atoms with E-state index in [1.807, 2.05) is 0 Å². The van der Waals surface area contributed by atoms with Crippen molar-refractivity contribution in [2.75, 3.05) is 42.2 Å². The largest absolute Gasteiger partial charge is 0.493 e.